The van der Waals surface area contributed by atoms with Crippen LogP contribution in [0.5, 0.6) is 5.75 Å². The number of fused-ring (bicyclic) bond motifs is 1. The van der Waals surface area contributed by atoms with Gasteiger partial charge in [0.15, 0.2) is 5.78 Å². The topological polar surface area (TPSA) is 49.8 Å². The predicted molar refractivity (Wildman–Crippen MR) is 112 cm³/mol. The summed E-state index contributed by atoms with van der Waals surface area (Å²) in [6.07, 6.45) is 3.46. The van der Waals surface area contributed by atoms with Crippen molar-refractivity contribution in [3.8, 4) is 5.75 Å². The molecule has 0 aromatic heterocycles. The van der Waals surface area contributed by atoms with Gasteiger partial charge in [-0.3, -0.25) is 9.69 Å². The molecular weight excluding hydrogens is 350 g/mol. The molecule has 0 saturated carbocycles. The molecule has 0 radical (unpaired) electrons. The minimum absolute atomic E-state index is 0.0592. The van der Waals surface area contributed by atoms with Gasteiger partial charge in [0.2, 0.25) is 0 Å². The highest BCUT2D eigenvalue weighted by atomic mass is 16.5. The van der Waals surface area contributed by atoms with Crippen molar-refractivity contribution >= 4 is 5.78 Å². The number of ketones is 1. The predicted octanol–water partition coefficient (Wildman–Crippen LogP) is 4.25. The highest BCUT2D eigenvalue weighted by Crippen LogP contribution is 2.20. The zero-order valence-corrected chi connectivity index (χ0v) is 16.8. The lowest BCUT2D eigenvalue weighted by molar-refractivity contribution is 0.0836. The lowest BCUT2D eigenvalue weighted by Gasteiger charge is -2.30. The van der Waals surface area contributed by atoms with Crippen LogP contribution >= 0.6 is 0 Å². The molecular formula is C24H31NO3. The molecule has 4 heteroatoms. The second-order valence-electron chi connectivity index (χ2n) is 7.60. The van der Waals surface area contributed by atoms with E-state index in [1.807, 2.05) is 24.3 Å². The molecule has 4 nitrogen and oxygen atoms in total. The monoisotopic (exact) mass is 381 g/mol. The fraction of sp³-hybridized carbons (Fsp3) is 0.458. The third-order valence-electron chi connectivity index (χ3n) is 5.31. The molecule has 1 N–H and O–H groups in total. The van der Waals surface area contributed by atoms with Gasteiger partial charge < -0.3 is 9.84 Å². The first kappa shape index (κ1) is 20.6. The van der Waals surface area contributed by atoms with Crippen molar-refractivity contribution in [2.45, 2.75) is 51.7 Å². The number of nitrogens with zero attached hydrogens (tertiary/aromatic N) is 1. The Bertz CT molecular complexity index is 774. The normalized spacial score (nSPS) is 15.1. The molecule has 0 amide bonds. The molecule has 2 aromatic carbocycles. The molecule has 0 spiro atoms. The summed E-state index contributed by atoms with van der Waals surface area (Å²) in [7, 11) is 0. The van der Waals surface area contributed by atoms with E-state index in [1.54, 1.807) is 0 Å². The van der Waals surface area contributed by atoms with Crippen molar-refractivity contribution in [1.82, 2.24) is 4.90 Å². The van der Waals surface area contributed by atoms with Crippen molar-refractivity contribution in [1.29, 1.82) is 0 Å². The van der Waals surface area contributed by atoms with Crippen LogP contribution in [0.1, 0.15) is 54.1 Å². The Morgan fingerprint density at radius 2 is 2.00 bits per heavy atom. The van der Waals surface area contributed by atoms with E-state index in [-0.39, 0.29) is 5.78 Å². The van der Waals surface area contributed by atoms with Gasteiger partial charge in [-0.25, -0.2) is 0 Å². The van der Waals surface area contributed by atoms with E-state index in [0.29, 0.717) is 31.6 Å². The number of β-amino-alcohol motifs (C(OH)–C–C–N with tert-alkyl or cyclic N) is 1. The Morgan fingerprint density at radius 1 is 1.18 bits per heavy atom. The first-order valence-corrected chi connectivity index (χ1v) is 10.4. The molecule has 2 aromatic rings. The Hall–Kier alpha value is -2.17. The fourth-order valence-electron chi connectivity index (χ4n) is 3.64. The molecule has 0 saturated heterocycles. The van der Waals surface area contributed by atoms with Crippen LogP contribution in [0.4, 0.5) is 0 Å². The first-order chi connectivity index (χ1) is 13.7. The summed E-state index contributed by atoms with van der Waals surface area (Å²) in [6, 6.07) is 15.9. The van der Waals surface area contributed by atoms with E-state index in [4.69, 9.17) is 4.74 Å². The van der Waals surface area contributed by atoms with Crippen molar-refractivity contribution < 1.29 is 14.6 Å². The average molecular weight is 382 g/mol. The van der Waals surface area contributed by atoms with Gasteiger partial charge in [-0.05, 0) is 42.5 Å². The number of carbonyl (C=O) groups excluding carboxylic acids is 1. The Kier molecular flexibility index (Phi) is 7.63. The van der Waals surface area contributed by atoms with E-state index >= 15 is 0 Å². The summed E-state index contributed by atoms with van der Waals surface area (Å²) in [5, 5.41) is 10.4. The SMILES string of the molecule is CCCCOc1cccc(C(=O)CCC(O)CN2CCc3ccccc3C2)c1. The maximum atomic E-state index is 12.5. The molecule has 1 atom stereocenters. The number of Topliss-reactive ketones (excluding diaryl/α,β-unsaturated/α-hetero) is 1. The van der Waals surface area contributed by atoms with Gasteiger partial charge in [0, 0.05) is 31.6 Å². The molecule has 0 bridgehead atoms. The number of unbranched alkanes of at least 4 members (excludes halogenated alkanes) is 1. The number of aliphatic hydroxyl groups is 1. The second-order valence-corrected chi connectivity index (χ2v) is 7.60. The maximum absolute atomic E-state index is 12.5. The quantitative estimate of drug-likeness (QED) is 0.494. The van der Waals surface area contributed by atoms with Crippen LogP contribution in [0.15, 0.2) is 48.5 Å². The molecule has 28 heavy (non-hydrogen) atoms. The van der Waals surface area contributed by atoms with E-state index < -0.39 is 6.10 Å². The number of hydrogen-bond acceptors (Lipinski definition) is 4. The lowest BCUT2D eigenvalue weighted by atomic mass is 9.99. The van der Waals surface area contributed by atoms with Crippen LogP contribution in [0, 0.1) is 0 Å². The first-order valence-electron chi connectivity index (χ1n) is 10.4. The molecule has 1 heterocycles. The average Bonchev–Trinajstić information content (AvgIpc) is 2.72. The number of carbonyl (C=O) groups is 1. The number of benzene rings is 2. The van der Waals surface area contributed by atoms with Crippen molar-refractivity contribution in [3.05, 3.63) is 65.2 Å². The number of ether oxygens (including phenoxy) is 1. The molecule has 1 aliphatic rings. The van der Waals surface area contributed by atoms with Crippen LogP contribution in [0.25, 0.3) is 0 Å². The minimum atomic E-state index is -0.488. The van der Waals surface area contributed by atoms with Crippen LogP contribution in [0.3, 0.4) is 0 Å². The van der Waals surface area contributed by atoms with E-state index in [2.05, 4.69) is 36.1 Å². The standard InChI is InChI=1S/C24H31NO3/c1-2-3-15-28-23-10-6-9-20(16-23)24(27)12-11-22(26)18-25-14-13-19-7-4-5-8-21(19)17-25/h4-10,16,22,26H,2-3,11-15,17-18H2,1H3. The molecule has 3 rings (SSSR count). The van der Waals surface area contributed by atoms with Gasteiger partial charge >= 0.3 is 0 Å². The van der Waals surface area contributed by atoms with Gasteiger partial charge in [0.1, 0.15) is 5.75 Å². The van der Waals surface area contributed by atoms with Crippen molar-refractivity contribution in [3.63, 3.8) is 0 Å². The second kappa shape index (κ2) is 10.4. The van der Waals surface area contributed by atoms with Crippen molar-refractivity contribution in [2.24, 2.45) is 0 Å². The molecule has 150 valence electrons. The van der Waals surface area contributed by atoms with Gasteiger partial charge in [0.05, 0.1) is 12.7 Å². The fourth-order valence-corrected chi connectivity index (χ4v) is 3.64. The van der Waals surface area contributed by atoms with Gasteiger partial charge in [-0.2, -0.15) is 0 Å². The Morgan fingerprint density at radius 3 is 2.82 bits per heavy atom. The summed E-state index contributed by atoms with van der Waals surface area (Å²) in [6.45, 7) is 5.24. The zero-order valence-electron chi connectivity index (χ0n) is 16.8. The largest absolute Gasteiger partial charge is 0.494 e. The highest BCUT2D eigenvalue weighted by molar-refractivity contribution is 5.96. The molecule has 0 fully saturated rings. The minimum Gasteiger partial charge on any atom is -0.494 e. The summed E-state index contributed by atoms with van der Waals surface area (Å²) in [4.78, 5) is 14.8. The molecule has 1 unspecified atom stereocenters. The molecule has 1 aliphatic heterocycles. The maximum Gasteiger partial charge on any atom is 0.163 e. The summed E-state index contributed by atoms with van der Waals surface area (Å²) in [5.74, 6) is 0.802. The Balaban J connectivity index is 1.45. The number of hydrogen-bond donors (Lipinski definition) is 1. The Labute approximate surface area is 168 Å². The highest BCUT2D eigenvalue weighted by Gasteiger charge is 2.19. The van der Waals surface area contributed by atoms with Gasteiger partial charge in [-0.1, -0.05) is 49.7 Å². The third-order valence-corrected chi connectivity index (χ3v) is 5.31. The van der Waals surface area contributed by atoms with Crippen molar-refractivity contribution in [2.75, 3.05) is 19.7 Å². The lowest BCUT2D eigenvalue weighted by Crippen LogP contribution is -2.36. The van der Waals surface area contributed by atoms with Gasteiger partial charge in [0.25, 0.3) is 0 Å². The van der Waals surface area contributed by atoms with E-state index in [9.17, 15) is 9.90 Å². The van der Waals surface area contributed by atoms with Crippen LogP contribution in [-0.2, 0) is 13.0 Å². The van der Waals surface area contributed by atoms with Crippen LogP contribution in [0.2, 0.25) is 0 Å². The van der Waals surface area contributed by atoms with E-state index in [1.165, 1.54) is 11.1 Å². The molecule has 0 aliphatic carbocycles. The van der Waals surface area contributed by atoms with Gasteiger partial charge in [-0.15, -0.1) is 0 Å². The summed E-state index contributed by atoms with van der Waals surface area (Å²) in [5.41, 5.74) is 3.41. The smallest absolute Gasteiger partial charge is 0.163 e. The summed E-state index contributed by atoms with van der Waals surface area (Å²) >= 11 is 0. The third kappa shape index (κ3) is 5.91. The van der Waals surface area contributed by atoms with Crippen LogP contribution < -0.4 is 4.74 Å². The zero-order chi connectivity index (χ0) is 19.8. The number of rotatable bonds is 10. The van der Waals surface area contributed by atoms with E-state index in [0.717, 1.165) is 38.1 Å². The van der Waals surface area contributed by atoms with Crippen LogP contribution in [-0.4, -0.2) is 41.6 Å². The summed E-state index contributed by atoms with van der Waals surface area (Å²) < 4.78 is 5.68. The number of aliphatic hydroxyl groups excluding tert-OH is 1.